The van der Waals surface area contributed by atoms with Crippen molar-refractivity contribution in [2.24, 2.45) is 0 Å². The van der Waals surface area contributed by atoms with Crippen molar-refractivity contribution in [2.45, 2.75) is 0 Å². The number of benzene rings is 11. The van der Waals surface area contributed by atoms with E-state index in [0.717, 1.165) is 61.3 Å². The van der Waals surface area contributed by atoms with Gasteiger partial charge >= 0.3 is 0 Å². The lowest BCUT2D eigenvalue weighted by atomic mass is 9.89. The molecular weight excluding hydrogens is 751 g/mol. The summed E-state index contributed by atoms with van der Waals surface area (Å²) in [7, 11) is 0. The minimum atomic E-state index is 0.890. The van der Waals surface area contributed by atoms with E-state index in [1.807, 2.05) is 6.07 Å². The van der Waals surface area contributed by atoms with Crippen LogP contribution in [0.25, 0.3) is 98.8 Å². The summed E-state index contributed by atoms with van der Waals surface area (Å²) >= 11 is 0. The number of hydrogen-bond acceptors (Lipinski definition) is 2. The summed E-state index contributed by atoms with van der Waals surface area (Å²) in [5.74, 6) is 0. The van der Waals surface area contributed by atoms with E-state index < -0.39 is 0 Å². The zero-order valence-electron chi connectivity index (χ0n) is 33.9. The third-order valence-electron chi connectivity index (χ3n) is 12.5. The Bertz CT molecular complexity index is 3610. The maximum Gasteiger partial charge on any atom is 0.143 e. The van der Waals surface area contributed by atoms with Crippen molar-refractivity contribution in [3.8, 4) is 44.5 Å². The largest absolute Gasteiger partial charge is 0.455 e. The molecular formula is C60H39NO. The number of rotatable bonds is 7. The van der Waals surface area contributed by atoms with Crippen LogP contribution in [0.1, 0.15) is 0 Å². The molecule has 290 valence electrons. The Hall–Kier alpha value is -8.20. The highest BCUT2D eigenvalue weighted by Crippen LogP contribution is 2.45. The van der Waals surface area contributed by atoms with Crippen LogP contribution in [0, 0.1) is 0 Å². The maximum absolute atomic E-state index is 6.52. The summed E-state index contributed by atoms with van der Waals surface area (Å²) in [5.41, 5.74) is 14.5. The normalized spacial score (nSPS) is 11.5. The predicted octanol–water partition coefficient (Wildman–Crippen LogP) is 17.2. The minimum Gasteiger partial charge on any atom is -0.455 e. The van der Waals surface area contributed by atoms with Gasteiger partial charge in [-0.1, -0.05) is 194 Å². The number of anilines is 3. The Morgan fingerprint density at radius 2 is 0.855 bits per heavy atom. The van der Waals surface area contributed by atoms with E-state index in [0.29, 0.717) is 0 Å². The van der Waals surface area contributed by atoms with Gasteiger partial charge in [-0.3, -0.25) is 0 Å². The molecule has 0 aliphatic carbocycles. The third-order valence-corrected chi connectivity index (χ3v) is 12.5. The van der Waals surface area contributed by atoms with Crippen molar-refractivity contribution in [1.82, 2.24) is 0 Å². The summed E-state index contributed by atoms with van der Waals surface area (Å²) in [4.78, 5) is 2.42. The molecule has 0 fully saturated rings. The highest BCUT2D eigenvalue weighted by Gasteiger charge is 2.20. The average Bonchev–Trinajstić information content (AvgIpc) is 3.73. The molecule has 2 heteroatoms. The number of furan rings is 1. The van der Waals surface area contributed by atoms with E-state index in [-0.39, 0.29) is 0 Å². The highest BCUT2D eigenvalue weighted by atomic mass is 16.3. The van der Waals surface area contributed by atoms with Gasteiger partial charge in [0.15, 0.2) is 0 Å². The lowest BCUT2D eigenvalue weighted by Gasteiger charge is -2.28. The fourth-order valence-electron chi connectivity index (χ4n) is 9.49. The second kappa shape index (κ2) is 14.8. The van der Waals surface area contributed by atoms with Gasteiger partial charge in [-0.2, -0.15) is 0 Å². The molecule has 0 unspecified atom stereocenters. The fourth-order valence-corrected chi connectivity index (χ4v) is 9.49. The van der Waals surface area contributed by atoms with Crippen LogP contribution in [0.15, 0.2) is 241 Å². The summed E-state index contributed by atoms with van der Waals surface area (Å²) in [5, 5.41) is 9.62. The summed E-state index contributed by atoms with van der Waals surface area (Å²) < 4.78 is 6.52. The Morgan fingerprint density at radius 3 is 1.60 bits per heavy atom. The Labute approximate surface area is 360 Å². The lowest BCUT2D eigenvalue weighted by Crippen LogP contribution is -2.10. The van der Waals surface area contributed by atoms with Gasteiger partial charge in [0, 0.05) is 33.1 Å². The van der Waals surface area contributed by atoms with Gasteiger partial charge in [0.1, 0.15) is 11.2 Å². The molecule has 0 aliphatic heterocycles. The van der Waals surface area contributed by atoms with Gasteiger partial charge in [0.25, 0.3) is 0 Å². The summed E-state index contributed by atoms with van der Waals surface area (Å²) in [6, 6.07) is 85.4. The first kappa shape index (κ1) is 35.7. The van der Waals surface area contributed by atoms with Crippen LogP contribution < -0.4 is 4.90 Å². The number of nitrogens with zero attached hydrogens (tertiary/aromatic N) is 1. The molecule has 0 N–H and O–H groups in total. The van der Waals surface area contributed by atoms with Crippen molar-refractivity contribution in [3.05, 3.63) is 237 Å². The van der Waals surface area contributed by atoms with E-state index in [4.69, 9.17) is 4.42 Å². The van der Waals surface area contributed by atoms with Crippen LogP contribution in [-0.4, -0.2) is 0 Å². The third kappa shape index (κ3) is 6.04. The van der Waals surface area contributed by atoms with Crippen molar-refractivity contribution < 1.29 is 4.42 Å². The molecule has 0 bridgehead atoms. The Morgan fingerprint density at radius 1 is 0.290 bits per heavy atom. The van der Waals surface area contributed by atoms with Crippen LogP contribution >= 0.6 is 0 Å². The summed E-state index contributed by atoms with van der Waals surface area (Å²) in [6.07, 6.45) is 0. The van der Waals surface area contributed by atoms with Crippen LogP contribution in [0.5, 0.6) is 0 Å². The first-order valence-electron chi connectivity index (χ1n) is 21.2. The fraction of sp³-hybridized carbons (Fsp3) is 0. The zero-order chi connectivity index (χ0) is 41.0. The second-order valence-electron chi connectivity index (χ2n) is 16.0. The quantitative estimate of drug-likeness (QED) is 0.150. The monoisotopic (exact) mass is 789 g/mol. The van der Waals surface area contributed by atoms with Crippen LogP contribution in [0.2, 0.25) is 0 Å². The van der Waals surface area contributed by atoms with Gasteiger partial charge in [-0.05, 0) is 108 Å². The molecule has 12 rings (SSSR count). The van der Waals surface area contributed by atoms with Crippen molar-refractivity contribution in [3.63, 3.8) is 0 Å². The predicted molar refractivity (Wildman–Crippen MR) is 263 cm³/mol. The van der Waals surface area contributed by atoms with Gasteiger partial charge in [0.05, 0.1) is 5.69 Å². The topological polar surface area (TPSA) is 16.4 Å². The molecule has 62 heavy (non-hydrogen) atoms. The van der Waals surface area contributed by atoms with Crippen LogP contribution in [0.3, 0.4) is 0 Å². The lowest BCUT2D eigenvalue weighted by molar-refractivity contribution is 0.670. The van der Waals surface area contributed by atoms with Crippen LogP contribution in [-0.2, 0) is 0 Å². The number of fused-ring (bicyclic) bond motifs is 7. The molecule has 11 aromatic carbocycles. The van der Waals surface area contributed by atoms with Crippen LogP contribution in [0.4, 0.5) is 17.1 Å². The van der Waals surface area contributed by atoms with E-state index >= 15 is 0 Å². The molecule has 0 saturated heterocycles. The molecule has 1 heterocycles. The van der Waals surface area contributed by atoms with Gasteiger partial charge in [-0.25, -0.2) is 0 Å². The molecule has 2 nitrogen and oxygen atoms in total. The van der Waals surface area contributed by atoms with Gasteiger partial charge < -0.3 is 9.32 Å². The average molecular weight is 790 g/mol. The molecule has 0 spiro atoms. The smallest absolute Gasteiger partial charge is 0.143 e. The zero-order valence-corrected chi connectivity index (χ0v) is 33.9. The van der Waals surface area contributed by atoms with E-state index in [1.165, 1.54) is 54.6 Å². The Balaban J connectivity index is 0.984. The highest BCUT2D eigenvalue weighted by molar-refractivity contribution is 6.15. The SMILES string of the molecule is c1ccc(-c2c(-c3ccc(N(c4ccc(-c5ccc6oc7c(-c8ccccc8)cccc7c6c5)cc4)c4cc5ccccc5c5ccccc45)cc3)ccc3ccccc23)cc1. The number of para-hydroxylation sites is 1. The van der Waals surface area contributed by atoms with E-state index in [1.54, 1.807) is 0 Å². The molecule has 0 saturated carbocycles. The molecule has 0 amide bonds. The van der Waals surface area contributed by atoms with Gasteiger partial charge in [-0.15, -0.1) is 0 Å². The maximum atomic E-state index is 6.52. The minimum absolute atomic E-state index is 0.890. The van der Waals surface area contributed by atoms with Crippen molar-refractivity contribution in [1.29, 1.82) is 0 Å². The molecule has 1 aromatic heterocycles. The van der Waals surface area contributed by atoms with E-state index in [9.17, 15) is 0 Å². The molecule has 0 aliphatic rings. The first-order valence-corrected chi connectivity index (χ1v) is 21.2. The molecule has 0 atom stereocenters. The van der Waals surface area contributed by atoms with Crippen molar-refractivity contribution in [2.75, 3.05) is 4.90 Å². The van der Waals surface area contributed by atoms with E-state index in [2.05, 4.69) is 235 Å². The second-order valence-corrected chi connectivity index (χ2v) is 16.0. The standard InChI is InChI=1S/C60H39NO/c1-3-14-41(15-4-1)52-24-13-25-55-56-38-45(31-37-58(56)62-60(52)55)40-26-32-47(33-27-40)61(57-39-46-19-8-9-20-49(46)53-22-11-12-23-54(53)57)48-34-28-43(29-35-48)51-36-30-42-16-7-10-21-50(42)59(51)44-17-5-2-6-18-44/h1-39H. The Kier molecular flexibility index (Phi) is 8.53. The van der Waals surface area contributed by atoms with Crippen molar-refractivity contribution >= 4 is 71.3 Å². The number of hydrogen-bond donors (Lipinski definition) is 0. The summed E-state index contributed by atoms with van der Waals surface area (Å²) in [6.45, 7) is 0. The first-order chi connectivity index (χ1) is 30.7. The molecule has 12 aromatic rings. The molecule has 0 radical (unpaired) electrons. The van der Waals surface area contributed by atoms with Gasteiger partial charge in [0.2, 0.25) is 0 Å².